The minimum Gasteiger partial charge on any atom is -0.351 e. The summed E-state index contributed by atoms with van der Waals surface area (Å²) in [6, 6.07) is 5.50. The number of nitrogens with zero attached hydrogens (tertiary/aromatic N) is 5. The average molecular weight is 445 g/mol. The Morgan fingerprint density at radius 3 is 2.65 bits per heavy atom. The maximum atomic E-state index is 13.9. The molecule has 158 valence electrons. The predicted molar refractivity (Wildman–Crippen MR) is 109 cm³/mol. The topological polar surface area (TPSA) is 54.8 Å². The molecule has 0 fully saturated rings. The molecule has 0 aliphatic carbocycles. The van der Waals surface area contributed by atoms with Crippen LogP contribution < -0.4 is 4.90 Å². The van der Waals surface area contributed by atoms with Gasteiger partial charge in [0.25, 0.3) is 0 Å². The normalized spacial score (nSPS) is 14.2. The summed E-state index contributed by atoms with van der Waals surface area (Å²) in [6.07, 6.45) is -0.595. The lowest BCUT2D eigenvalue weighted by Crippen LogP contribution is -2.32. The summed E-state index contributed by atoms with van der Waals surface area (Å²) in [6.45, 7) is 2.64. The highest BCUT2D eigenvalue weighted by molar-refractivity contribution is 7.15. The van der Waals surface area contributed by atoms with Crippen LogP contribution >= 0.6 is 11.3 Å². The van der Waals surface area contributed by atoms with Crippen molar-refractivity contribution in [3.8, 4) is 10.4 Å². The number of benzene rings is 1. The molecule has 5 rings (SSSR count). The van der Waals surface area contributed by atoms with E-state index >= 15 is 0 Å². The first-order valence-corrected chi connectivity index (χ1v) is 10.3. The highest BCUT2D eigenvalue weighted by Gasteiger charge is 2.36. The first-order chi connectivity index (χ1) is 14.8. The maximum Gasteiger partial charge on any atom is 0.451 e. The van der Waals surface area contributed by atoms with Crippen molar-refractivity contribution in [3.05, 3.63) is 64.6 Å². The highest BCUT2D eigenvalue weighted by Crippen LogP contribution is 2.35. The maximum absolute atomic E-state index is 13.9. The summed E-state index contributed by atoms with van der Waals surface area (Å²) in [5.74, 6) is -1.72. The standard InChI is InChI=1S/C21H15F4N5S/c1-11-26-9-18(31-11)12-6-13-10-30(5-4-16(13)27-8-12)19-15-7-14(22)2-3-17(15)28-20(29-19)21(23,24)25/h2-3,6-9H,4-5,10H2,1H3. The fourth-order valence-electron chi connectivity index (χ4n) is 3.69. The molecular formula is C21H15F4N5S. The summed E-state index contributed by atoms with van der Waals surface area (Å²) in [5.41, 5.74) is 2.74. The van der Waals surface area contributed by atoms with E-state index < -0.39 is 17.8 Å². The Bertz CT molecular complexity index is 1300. The minimum atomic E-state index is -4.70. The number of aromatic nitrogens is 4. The molecule has 0 unspecified atom stereocenters. The van der Waals surface area contributed by atoms with Gasteiger partial charge in [0.2, 0.25) is 5.82 Å². The Hall–Kier alpha value is -3.14. The quantitative estimate of drug-likeness (QED) is 0.398. The first-order valence-electron chi connectivity index (χ1n) is 9.48. The van der Waals surface area contributed by atoms with Crippen LogP contribution in [0.15, 0.2) is 36.7 Å². The second-order valence-corrected chi connectivity index (χ2v) is 8.51. The van der Waals surface area contributed by atoms with E-state index in [1.165, 1.54) is 12.1 Å². The van der Waals surface area contributed by atoms with Crippen LogP contribution in [0.2, 0.25) is 0 Å². The van der Waals surface area contributed by atoms with Gasteiger partial charge in [-0.2, -0.15) is 13.2 Å². The lowest BCUT2D eigenvalue weighted by atomic mass is 10.0. The van der Waals surface area contributed by atoms with Crippen LogP contribution in [0.1, 0.15) is 22.1 Å². The minimum absolute atomic E-state index is 0.0523. The Kier molecular flexibility index (Phi) is 4.62. The fraction of sp³-hybridized carbons (Fsp3) is 0.238. The number of hydrogen-bond acceptors (Lipinski definition) is 6. The van der Waals surface area contributed by atoms with Gasteiger partial charge in [0, 0.05) is 48.5 Å². The zero-order chi connectivity index (χ0) is 21.8. The Balaban J connectivity index is 1.58. The molecule has 0 atom stereocenters. The third kappa shape index (κ3) is 3.71. The van der Waals surface area contributed by atoms with Gasteiger partial charge < -0.3 is 4.90 Å². The molecule has 3 aromatic heterocycles. The van der Waals surface area contributed by atoms with Crippen molar-refractivity contribution < 1.29 is 17.6 Å². The van der Waals surface area contributed by atoms with Gasteiger partial charge in [-0.25, -0.2) is 19.3 Å². The molecule has 0 N–H and O–H groups in total. The molecular weight excluding hydrogens is 430 g/mol. The molecule has 1 aromatic carbocycles. The second-order valence-electron chi connectivity index (χ2n) is 7.27. The predicted octanol–water partition coefficient (Wildman–Crippen LogP) is 5.18. The van der Waals surface area contributed by atoms with E-state index in [1.54, 1.807) is 28.6 Å². The van der Waals surface area contributed by atoms with E-state index in [0.717, 1.165) is 32.8 Å². The number of fused-ring (bicyclic) bond motifs is 2. The fourth-order valence-corrected chi connectivity index (χ4v) is 4.45. The molecule has 0 radical (unpaired) electrons. The summed E-state index contributed by atoms with van der Waals surface area (Å²) >= 11 is 1.54. The molecule has 1 aliphatic heterocycles. The van der Waals surface area contributed by atoms with E-state index in [4.69, 9.17) is 0 Å². The summed E-state index contributed by atoms with van der Waals surface area (Å²) in [4.78, 5) is 18.9. The largest absolute Gasteiger partial charge is 0.451 e. The number of anilines is 1. The van der Waals surface area contributed by atoms with Gasteiger partial charge >= 0.3 is 6.18 Å². The van der Waals surface area contributed by atoms with Crippen LogP contribution in [-0.2, 0) is 19.1 Å². The van der Waals surface area contributed by atoms with Gasteiger partial charge in [-0.05, 0) is 36.8 Å². The van der Waals surface area contributed by atoms with Crippen molar-refractivity contribution in [2.75, 3.05) is 11.4 Å². The molecule has 4 heterocycles. The highest BCUT2D eigenvalue weighted by atomic mass is 32.1. The average Bonchev–Trinajstić information content (AvgIpc) is 3.18. The van der Waals surface area contributed by atoms with Gasteiger partial charge in [-0.1, -0.05) is 0 Å². The molecule has 0 saturated heterocycles. The van der Waals surface area contributed by atoms with Crippen molar-refractivity contribution in [3.63, 3.8) is 0 Å². The number of halogens is 4. The van der Waals surface area contributed by atoms with Crippen molar-refractivity contribution in [1.29, 1.82) is 0 Å². The molecule has 0 bridgehead atoms. The van der Waals surface area contributed by atoms with Gasteiger partial charge in [0.05, 0.1) is 15.4 Å². The van der Waals surface area contributed by atoms with Crippen molar-refractivity contribution in [2.45, 2.75) is 26.1 Å². The van der Waals surface area contributed by atoms with Gasteiger partial charge in [0.15, 0.2) is 0 Å². The molecule has 31 heavy (non-hydrogen) atoms. The van der Waals surface area contributed by atoms with E-state index in [9.17, 15) is 17.6 Å². The van der Waals surface area contributed by atoms with Crippen LogP contribution in [-0.4, -0.2) is 26.5 Å². The van der Waals surface area contributed by atoms with Crippen molar-refractivity contribution in [2.24, 2.45) is 0 Å². The van der Waals surface area contributed by atoms with Crippen molar-refractivity contribution >= 4 is 28.1 Å². The number of rotatable bonds is 2. The molecule has 0 saturated carbocycles. The Morgan fingerprint density at radius 1 is 1.06 bits per heavy atom. The zero-order valence-corrected chi connectivity index (χ0v) is 17.1. The van der Waals surface area contributed by atoms with Gasteiger partial charge in [0.1, 0.15) is 11.6 Å². The molecule has 4 aromatic rings. The molecule has 5 nitrogen and oxygen atoms in total. The third-order valence-electron chi connectivity index (χ3n) is 5.14. The lowest BCUT2D eigenvalue weighted by Gasteiger charge is -2.30. The second kappa shape index (κ2) is 7.23. The monoisotopic (exact) mass is 445 g/mol. The number of thiazole rings is 1. The van der Waals surface area contributed by atoms with Gasteiger partial charge in [-0.15, -0.1) is 11.3 Å². The summed E-state index contributed by atoms with van der Waals surface area (Å²) in [5, 5.41) is 1.18. The molecule has 1 aliphatic rings. The number of alkyl halides is 3. The molecule has 0 spiro atoms. The van der Waals surface area contributed by atoms with E-state index in [2.05, 4.69) is 19.9 Å². The molecule has 10 heteroatoms. The van der Waals surface area contributed by atoms with E-state index in [-0.39, 0.29) is 16.7 Å². The first kappa shape index (κ1) is 19.8. The summed E-state index contributed by atoms with van der Waals surface area (Å²) < 4.78 is 54.1. The number of aryl methyl sites for hydroxylation is 1. The van der Waals surface area contributed by atoms with Crippen LogP contribution in [0.3, 0.4) is 0 Å². The van der Waals surface area contributed by atoms with E-state index in [1.807, 2.05) is 13.0 Å². The van der Waals surface area contributed by atoms with Gasteiger partial charge in [-0.3, -0.25) is 4.98 Å². The number of pyridine rings is 1. The van der Waals surface area contributed by atoms with Crippen LogP contribution in [0, 0.1) is 12.7 Å². The van der Waals surface area contributed by atoms with Crippen LogP contribution in [0.4, 0.5) is 23.4 Å². The lowest BCUT2D eigenvalue weighted by molar-refractivity contribution is -0.144. The van der Waals surface area contributed by atoms with Crippen molar-refractivity contribution in [1.82, 2.24) is 19.9 Å². The molecule has 0 amide bonds. The van der Waals surface area contributed by atoms with E-state index in [0.29, 0.717) is 19.5 Å². The Morgan fingerprint density at radius 2 is 1.90 bits per heavy atom. The van der Waals surface area contributed by atoms with Crippen LogP contribution in [0.25, 0.3) is 21.3 Å². The third-order valence-corrected chi connectivity index (χ3v) is 6.10. The smallest absolute Gasteiger partial charge is 0.351 e. The summed E-state index contributed by atoms with van der Waals surface area (Å²) in [7, 11) is 0. The SMILES string of the molecule is Cc1ncc(-c2cnc3c(c2)CN(c2nc(C(F)(F)F)nc4ccc(F)cc24)CC3)s1. The Labute approximate surface area is 178 Å². The number of hydrogen-bond donors (Lipinski definition) is 0. The zero-order valence-electron chi connectivity index (χ0n) is 16.2. The van der Waals surface area contributed by atoms with Crippen LogP contribution in [0.5, 0.6) is 0 Å².